The summed E-state index contributed by atoms with van der Waals surface area (Å²) in [6.07, 6.45) is 3.03. The zero-order chi connectivity index (χ0) is 12.4. The van der Waals surface area contributed by atoms with E-state index in [1.54, 1.807) is 0 Å². The van der Waals surface area contributed by atoms with Crippen molar-refractivity contribution < 1.29 is 4.79 Å². The summed E-state index contributed by atoms with van der Waals surface area (Å²) in [5.41, 5.74) is 0. The predicted octanol–water partition coefficient (Wildman–Crippen LogP) is 1.63. The number of rotatable bonds is 2. The van der Waals surface area contributed by atoms with E-state index in [1.807, 2.05) is 0 Å². The molecule has 1 heterocycles. The third-order valence-electron chi connectivity index (χ3n) is 4.45. The van der Waals surface area contributed by atoms with Gasteiger partial charge in [0, 0.05) is 44.6 Å². The molecule has 3 heteroatoms. The normalized spacial score (nSPS) is 37.4. The molecule has 0 aromatic heterocycles. The van der Waals surface area contributed by atoms with Gasteiger partial charge in [0.1, 0.15) is 5.78 Å². The fourth-order valence-corrected chi connectivity index (χ4v) is 3.24. The van der Waals surface area contributed by atoms with Gasteiger partial charge in [-0.3, -0.25) is 9.69 Å². The Morgan fingerprint density at radius 3 is 2.76 bits per heavy atom. The predicted molar refractivity (Wildman–Crippen MR) is 70.0 cm³/mol. The lowest BCUT2D eigenvalue weighted by Gasteiger charge is -2.40. The van der Waals surface area contributed by atoms with E-state index in [0.29, 0.717) is 17.7 Å². The average Bonchev–Trinajstić information content (AvgIpc) is 2.27. The summed E-state index contributed by atoms with van der Waals surface area (Å²) in [5, 5.41) is 0. The Hall–Kier alpha value is -0.410. The zero-order valence-corrected chi connectivity index (χ0v) is 11.5. The minimum absolute atomic E-state index is 0.310. The first-order chi connectivity index (χ1) is 8.06. The Morgan fingerprint density at radius 1 is 1.29 bits per heavy atom. The molecule has 1 saturated carbocycles. The van der Waals surface area contributed by atoms with Crippen molar-refractivity contribution in [1.82, 2.24) is 9.80 Å². The quantitative estimate of drug-likeness (QED) is 0.730. The van der Waals surface area contributed by atoms with Gasteiger partial charge in [-0.1, -0.05) is 6.92 Å². The molecule has 98 valence electrons. The third-order valence-corrected chi connectivity index (χ3v) is 4.45. The third kappa shape index (κ3) is 3.29. The number of ketones is 1. The first-order valence-electron chi connectivity index (χ1n) is 7.01. The lowest BCUT2D eigenvalue weighted by Crippen LogP contribution is -2.52. The molecule has 0 bridgehead atoms. The number of Topliss-reactive ketones (excluding diaryl/α,β-unsaturated/α-hetero) is 1. The highest BCUT2D eigenvalue weighted by Gasteiger charge is 2.30. The van der Waals surface area contributed by atoms with Crippen LogP contribution in [0, 0.1) is 11.8 Å². The molecule has 0 N–H and O–H groups in total. The number of carbonyl (C=O) groups is 1. The summed E-state index contributed by atoms with van der Waals surface area (Å²) in [5.74, 6) is 1.55. The molecule has 3 unspecified atom stereocenters. The van der Waals surface area contributed by atoms with Crippen LogP contribution in [-0.2, 0) is 4.79 Å². The Kier molecular flexibility index (Phi) is 4.21. The Labute approximate surface area is 105 Å². The topological polar surface area (TPSA) is 23.6 Å². The van der Waals surface area contributed by atoms with Gasteiger partial charge in [0.15, 0.2) is 0 Å². The monoisotopic (exact) mass is 238 g/mol. The van der Waals surface area contributed by atoms with Crippen molar-refractivity contribution in [2.45, 2.75) is 39.2 Å². The maximum Gasteiger partial charge on any atom is 0.137 e. The molecular weight excluding hydrogens is 212 g/mol. The van der Waals surface area contributed by atoms with Crippen molar-refractivity contribution in [3.63, 3.8) is 0 Å². The van der Waals surface area contributed by atoms with Gasteiger partial charge in [0.25, 0.3) is 0 Å². The Bertz CT molecular complexity index is 279. The van der Waals surface area contributed by atoms with E-state index in [4.69, 9.17) is 0 Å². The lowest BCUT2D eigenvalue weighted by molar-refractivity contribution is -0.126. The van der Waals surface area contributed by atoms with Gasteiger partial charge >= 0.3 is 0 Å². The molecule has 1 saturated heterocycles. The second kappa shape index (κ2) is 5.49. The molecule has 1 aliphatic heterocycles. The summed E-state index contributed by atoms with van der Waals surface area (Å²) in [7, 11) is 2.18. The van der Waals surface area contributed by atoms with E-state index >= 15 is 0 Å². The highest BCUT2D eigenvalue weighted by atomic mass is 16.1. The summed E-state index contributed by atoms with van der Waals surface area (Å²) in [6.45, 7) is 8.96. The van der Waals surface area contributed by atoms with Crippen LogP contribution in [0.15, 0.2) is 0 Å². The standard InChI is InChI=1S/C14H26N2O/c1-11-4-5-14(17)13(8-11)10-16-7-6-15(3)9-12(16)2/h11-13H,4-10H2,1-3H3. The second-order valence-corrected chi connectivity index (χ2v) is 6.15. The number of hydrogen-bond acceptors (Lipinski definition) is 3. The molecule has 3 nitrogen and oxygen atoms in total. The van der Waals surface area contributed by atoms with Crippen molar-refractivity contribution in [2.24, 2.45) is 11.8 Å². The van der Waals surface area contributed by atoms with E-state index in [9.17, 15) is 4.79 Å². The fraction of sp³-hybridized carbons (Fsp3) is 0.929. The maximum absolute atomic E-state index is 11.9. The number of piperazine rings is 1. The van der Waals surface area contributed by atoms with Crippen molar-refractivity contribution in [3.05, 3.63) is 0 Å². The second-order valence-electron chi connectivity index (χ2n) is 6.15. The number of carbonyl (C=O) groups excluding carboxylic acids is 1. The van der Waals surface area contributed by atoms with Crippen molar-refractivity contribution in [3.8, 4) is 0 Å². The van der Waals surface area contributed by atoms with Crippen LogP contribution in [0.1, 0.15) is 33.1 Å². The molecule has 0 aromatic rings. The maximum atomic E-state index is 11.9. The molecule has 0 amide bonds. The molecular formula is C14H26N2O. The highest BCUT2D eigenvalue weighted by Crippen LogP contribution is 2.27. The number of likely N-dealkylation sites (N-methyl/N-ethyl adjacent to an activating group) is 1. The molecule has 2 aliphatic rings. The van der Waals surface area contributed by atoms with E-state index in [0.717, 1.165) is 51.4 Å². The smallest absolute Gasteiger partial charge is 0.137 e. The first-order valence-corrected chi connectivity index (χ1v) is 7.01. The summed E-state index contributed by atoms with van der Waals surface area (Å²) in [4.78, 5) is 16.8. The molecule has 2 rings (SSSR count). The van der Waals surface area contributed by atoms with E-state index in [1.165, 1.54) is 0 Å². The molecule has 3 atom stereocenters. The van der Waals surface area contributed by atoms with Crippen LogP contribution in [0.4, 0.5) is 0 Å². The van der Waals surface area contributed by atoms with Gasteiger partial charge in [-0.25, -0.2) is 0 Å². The SMILES string of the molecule is CC1CCC(=O)C(CN2CCN(C)CC2C)C1. The van der Waals surface area contributed by atoms with E-state index < -0.39 is 0 Å². The van der Waals surface area contributed by atoms with E-state index in [-0.39, 0.29) is 0 Å². The van der Waals surface area contributed by atoms with Crippen molar-refractivity contribution in [1.29, 1.82) is 0 Å². The fourth-order valence-electron chi connectivity index (χ4n) is 3.24. The number of hydrogen-bond donors (Lipinski definition) is 0. The van der Waals surface area contributed by atoms with Crippen LogP contribution >= 0.6 is 0 Å². The summed E-state index contributed by atoms with van der Waals surface area (Å²) in [6, 6.07) is 0.596. The lowest BCUT2D eigenvalue weighted by atomic mass is 9.81. The molecule has 0 spiro atoms. The average molecular weight is 238 g/mol. The van der Waals surface area contributed by atoms with Gasteiger partial charge in [-0.05, 0) is 32.7 Å². The largest absolute Gasteiger partial charge is 0.304 e. The Morgan fingerprint density at radius 2 is 2.06 bits per heavy atom. The molecule has 1 aliphatic carbocycles. The molecule has 0 aromatic carbocycles. The zero-order valence-electron chi connectivity index (χ0n) is 11.5. The molecule has 17 heavy (non-hydrogen) atoms. The summed E-state index contributed by atoms with van der Waals surface area (Å²) >= 11 is 0. The van der Waals surface area contributed by atoms with Gasteiger partial charge < -0.3 is 4.90 Å². The highest BCUT2D eigenvalue weighted by molar-refractivity contribution is 5.81. The first kappa shape index (κ1) is 13.0. The van der Waals surface area contributed by atoms with Crippen LogP contribution in [-0.4, -0.2) is 54.9 Å². The van der Waals surface area contributed by atoms with Gasteiger partial charge in [-0.15, -0.1) is 0 Å². The van der Waals surface area contributed by atoms with Gasteiger partial charge in [0.2, 0.25) is 0 Å². The van der Waals surface area contributed by atoms with Crippen LogP contribution in [0.3, 0.4) is 0 Å². The van der Waals surface area contributed by atoms with Gasteiger partial charge in [0.05, 0.1) is 0 Å². The van der Waals surface area contributed by atoms with E-state index in [2.05, 4.69) is 30.7 Å². The van der Waals surface area contributed by atoms with Crippen LogP contribution in [0.5, 0.6) is 0 Å². The van der Waals surface area contributed by atoms with Crippen molar-refractivity contribution >= 4 is 5.78 Å². The minimum Gasteiger partial charge on any atom is -0.304 e. The number of nitrogens with zero attached hydrogens (tertiary/aromatic N) is 2. The molecule has 2 fully saturated rings. The van der Waals surface area contributed by atoms with Crippen molar-refractivity contribution in [2.75, 3.05) is 33.2 Å². The minimum atomic E-state index is 0.310. The van der Waals surface area contributed by atoms with Gasteiger partial charge in [-0.2, -0.15) is 0 Å². The van der Waals surface area contributed by atoms with Crippen LogP contribution < -0.4 is 0 Å². The van der Waals surface area contributed by atoms with Crippen LogP contribution in [0.2, 0.25) is 0 Å². The molecule has 0 radical (unpaired) electrons. The van der Waals surface area contributed by atoms with Crippen LogP contribution in [0.25, 0.3) is 0 Å². The Balaban J connectivity index is 1.89. The summed E-state index contributed by atoms with van der Waals surface area (Å²) < 4.78 is 0.